The summed E-state index contributed by atoms with van der Waals surface area (Å²) in [6.45, 7) is 3.53. The van der Waals surface area contributed by atoms with Crippen LogP contribution in [0.1, 0.15) is 5.56 Å². The minimum Gasteiger partial charge on any atom is -0.267 e. The van der Waals surface area contributed by atoms with Gasteiger partial charge in [0, 0.05) is 23.6 Å². The molecule has 0 saturated carbocycles. The van der Waals surface area contributed by atoms with Gasteiger partial charge in [-0.05, 0) is 12.1 Å². The van der Waals surface area contributed by atoms with Crippen LogP contribution < -0.4 is 0 Å². The first-order valence-electron chi connectivity index (χ1n) is 5.51. The maximum Gasteiger partial charge on any atom is 0.351 e. The van der Waals surface area contributed by atoms with Crippen molar-refractivity contribution in [1.29, 1.82) is 0 Å². The highest BCUT2D eigenvalue weighted by Gasteiger charge is 2.32. The van der Waals surface area contributed by atoms with E-state index in [1.807, 2.05) is 0 Å². The summed E-state index contributed by atoms with van der Waals surface area (Å²) in [4.78, 5) is 28.0. The van der Waals surface area contributed by atoms with Crippen LogP contribution in [0.5, 0.6) is 0 Å². The summed E-state index contributed by atoms with van der Waals surface area (Å²) in [5.41, 5.74) is 0.142. The van der Waals surface area contributed by atoms with Crippen molar-refractivity contribution in [1.82, 2.24) is 4.90 Å². The second-order valence-electron chi connectivity index (χ2n) is 3.92. The van der Waals surface area contributed by atoms with Crippen molar-refractivity contribution in [2.75, 3.05) is 6.54 Å². The number of urea groups is 1. The molecule has 1 aliphatic rings. The molecule has 1 aromatic carbocycles. The van der Waals surface area contributed by atoms with Crippen LogP contribution in [0.4, 0.5) is 9.18 Å². The second kappa shape index (κ2) is 5.32. The number of hydrogen-bond acceptors (Lipinski definition) is 2. The number of benzene rings is 1. The molecule has 1 aliphatic heterocycles. The van der Waals surface area contributed by atoms with Crippen molar-refractivity contribution >= 4 is 29.3 Å². The van der Waals surface area contributed by atoms with Gasteiger partial charge >= 0.3 is 6.03 Å². The second-order valence-corrected chi connectivity index (χ2v) is 4.33. The summed E-state index contributed by atoms with van der Waals surface area (Å²) in [5.74, 6) is -1.07. The molecule has 0 aliphatic carbocycles. The Kier molecular flexibility index (Phi) is 3.76. The zero-order valence-corrected chi connectivity index (χ0v) is 10.7. The van der Waals surface area contributed by atoms with E-state index >= 15 is 0 Å². The quantitative estimate of drug-likeness (QED) is 0.796. The molecule has 2 rings (SSSR count). The van der Waals surface area contributed by atoms with Gasteiger partial charge in [-0.2, -0.15) is 4.99 Å². The van der Waals surface area contributed by atoms with Crippen LogP contribution in [-0.4, -0.2) is 29.1 Å². The molecule has 3 amide bonds. The number of carbonyl (C=O) groups excluding carboxylic acids is 2. The molecule has 4 nitrogen and oxygen atoms in total. The summed E-state index contributed by atoms with van der Waals surface area (Å²) >= 11 is 5.87. The molecule has 0 atom stereocenters. The molecule has 98 valence electrons. The third-order valence-electron chi connectivity index (χ3n) is 2.67. The Morgan fingerprint density at radius 2 is 2.16 bits per heavy atom. The van der Waals surface area contributed by atoms with Crippen molar-refractivity contribution in [2.45, 2.75) is 6.42 Å². The minimum absolute atomic E-state index is 0.0150. The molecular weight excluding hydrogens is 271 g/mol. The van der Waals surface area contributed by atoms with Gasteiger partial charge in [0.05, 0.1) is 0 Å². The van der Waals surface area contributed by atoms with Gasteiger partial charge in [-0.1, -0.05) is 23.7 Å². The third kappa shape index (κ3) is 2.56. The Labute approximate surface area is 114 Å². The van der Waals surface area contributed by atoms with E-state index in [9.17, 15) is 14.0 Å². The number of halogens is 2. The molecule has 0 spiro atoms. The van der Waals surface area contributed by atoms with E-state index in [1.54, 1.807) is 0 Å². The first-order valence-corrected chi connectivity index (χ1v) is 5.89. The molecule has 0 saturated heterocycles. The molecule has 0 unspecified atom stereocenters. The number of nitrogens with zero attached hydrogens (tertiary/aromatic N) is 2. The lowest BCUT2D eigenvalue weighted by atomic mass is 10.1. The summed E-state index contributed by atoms with van der Waals surface area (Å²) in [6, 6.07) is 3.56. The molecular formula is C13H10ClFN2O2. The Morgan fingerprint density at radius 3 is 2.79 bits per heavy atom. The predicted octanol–water partition coefficient (Wildman–Crippen LogP) is 2.61. The van der Waals surface area contributed by atoms with Gasteiger partial charge < -0.3 is 0 Å². The van der Waals surface area contributed by atoms with Crippen molar-refractivity contribution < 1.29 is 14.0 Å². The van der Waals surface area contributed by atoms with Gasteiger partial charge in [0.15, 0.2) is 0 Å². The fraction of sp³-hybridized carbons (Fsp3) is 0.154. The monoisotopic (exact) mass is 280 g/mol. The molecule has 1 heterocycles. The molecule has 0 aromatic heterocycles. The van der Waals surface area contributed by atoms with Crippen molar-refractivity contribution in [3.05, 3.63) is 47.3 Å². The zero-order valence-electron chi connectivity index (χ0n) is 9.90. The Balaban J connectivity index is 2.26. The summed E-state index contributed by atoms with van der Waals surface area (Å²) in [7, 11) is 0. The number of imide groups is 1. The average molecular weight is 281 g/mol. The highest BCUT2D eigenvalue weighted by Crippen LogP contribution is 2.21. The summed E-state index contributed by atoms with van der Waals surface area (Å²) in [5, 5.41) is 0.199. The molecule has 0 N–H and O–H groups in total. The van der Waals surface area contributed by atoms with Gasteiger partial charge in [-0.15, -0.1) is 6.58 Å². The lowest BCUT2D eigenvalue weighted by Gasteiger charge is -2.09. The maximum absolute atomic E-state index is 13.6. The highest BCUT2D eigenvalue weighted by molar-refractivity contribution is 6.46. The minimum atomic E-state index is -0.660. The van der Waals surface area contributed by atoms with E-state index in [0.717, 1.165) is 4.90 Å². The number of rotatable bonds is 4. The topological polar surface area (TPSA) is 49.7 Å². The van der Waals surface area contributed by atoms with Crippen LogP contribution >= 0.6 is 11.6 Å². The van der Waals surface area contributed by atoms with Crippen LogP contribution in [-0.2, 0) is 11.2 Å². The van der Waals surface area contributed by atoms with Gasteiger partial charge in [0.25, 0.3) is 5.91 Å². The molecule has 1 aromatic rings. The maximum atomic E-state index is 13.6. The zero-order chi connectivity index (χ0) is 14.0. The first kappa shape index (κ1) is 13.4. The van der Waals surface area contributed by atoms with Gasteiger partial charge in [-0.25, -0.2) is 9.18 Å². The fourth-order valence-corrected chi connectivity index (χ4v) is 1.97. The molecule has 0 radical (unpaired) electrons. The molecule has 6 heteroatoms. The average Bonchev–Trinajstić information content (AvgIpc) is 2.62. The predicted molar refractivity (Wildman–Crippen MR) is 69.9 cm³/mol. The van der Waals surface area contributed by atoms with Crippen LogP contribution in [0, 0.1) is 5.82 Å². The lowest BCUT2D eigenvalue weighted by molar-refractivity contribution is -0.120. The van der Waals surface area contributed by atoms with E-state index in [1.165, 1.54) is 24.3 Å². The standard InChI is InChI=1S/C13H10ClFN2O2/c1-2-6-17-12(18)11(16-13(17)19)7-8-9(14)4-3-5-10(8)15/h2-5H,1,6-7H2. The van der Waals surface area contributed by atoms with Gasteiger partial charge in [0.2, 0.25) is 0 Å². The Morgan fingerprint density at radius 1 is 1.42 bits per heavy atom. The number of aliphatic imine (C=N–C) groups is 1. The number of carbonyl (C=O) groups is 2. The normalized spacial score (nSPS) is 14.8. The van der Waals surface area contributed by atoms with Crippen LogP contribution in [0.25, 0.3) is 0 Å². The van der Waals surface area contributed by atoms with Gasteiger partial charge in [-0.3, -0.25) is 9.69 Å². The molecule has 0 fully saturated rings. The van der Waals surface area contributed by atoms with E-state index < -0.39 is 17.8 Å². The molecule has 0 bridgehead atoms. The van der Waals surface area contributed by atoms with Crippen molar-refractivity contribution in [3.8, 4) is 0 Å². The molecule has 19 heavy (non-hydrogen) atoms. The first-order chi connectivity index (χ1) is 9.04. The number of hydrogen-bond donors (Lipinski definition) is 0. The SMILES string of the molecule is C=CCN1C(=O)N=C(Cc2c(F)cccc2Cl)C1=O. The smallest absolute Gasteiger partial charge is 0.267 e. The van der Waals surface area contributed by atoms with Gasteiger partial charge in [0.1, 0.15) is 11.5 Å². The van der Waals surface area contributed by atoms with E-state index in [-0.39, 0.29) is 29.3 Å². The van der Waals surface area contributed by atoms with E-state index in [0.29, 0.717) is 0 Å². The van der Waals surface area contributed by atoms with Crippen LogP contribution in [0.15, 0.2) is 35.8 Å². The number of amides is 3. The van der Waals surface area contributed by atoms with E-state index in [2.05, 4.69) is 11.6 Å². The summed E-state index contributed by atoms with van der Waals surface area (Å²) in [6.07, 6.45) is 1.31. The van der Waals surface area contributed by atoms with Crippen molar-refractivity contribution in [3.63, 3.8) is 0 Å². The van der Waals surface area contributed by atoms with Crippen LogP contribution in [0.3, 0.4) is 0 Å². The fourth-order valence-electron chi connectivity index (χ4n) is 1.74. The van der Waals surface area contributed by atoms with Crippen molar-refractivity contribution in [2.24, 2.45) is 4.99 Å². The Hall–Kier alpha value is -2.01. The lowest BCUT2D eigenvalue weighted by Crippen LogP contribution is -2.33. The summed E-state index contributed by atoms with van der Waals surface area (Å²) < 4.78 is 13.6. The highest BCUT2D eigenvalue weighted by atomic mass is 35.5. The largest absolute Gasteiger partial charge is 0.351 e. The van der Waals surface area contributed by atoms with E-state index in [4.69, 9.17) is 11.6 Å². The third-order valence-corrected chi connectivity index (χ3v) is 3.03. The Bertz CT molecular complexity index is 578. The van der Waals surface area contributed by atoms with Crippen LogP contribution in [0.2, 0.25) is 5.02 Å².